The first-order valence-electron chi connectivity index (χ1n) is 8.57. The lowest BCUT2D eigenvalue weighted by Crippen LogP contribution is -2.35. The molecule has 2 amide bonds. The molecular formula is C20H22N2O4. The second kappa shape index (κ2) is 8.38. The Bertz CT molecular complexity index is 746. The van der Waals surface area contributed by atoms with Crippen molar-refractivity contribution >= 4 is 17.5 Å². The Hall–Kier alpha value is -3.02. The number of nitrogens with zero attached hydrogens (tertiary/aromatic N) is 1. The summed E-state index contributed by atoms with van der Waals surface area (Å²) in [6.45, 7) is 1.18. The molecule has 3 rings (SSSR count). The predicted molar refractivity (Wildman–Crippen MR) is 98.4 cm³/mol. The number of nitrogens with one attached hydrogen (secondary N) is 1. The minimum atomic E-state index is -0.346. The van der Waals surface area contributed by atoms with E-state index in [1.54, 1.807) is 24.1 Å². The molecule has 1 aliphatic rings. The zero-order valence-electron chi connectivity index (χ0n) is 14.7. The fourth-order valence-electron chi connectivity index (χ4n) is 2.90. The van der Waals surface area contributed by atoms with Gasteiger partial charge in [0.1, 0.15) is 18.1 Å². The Morgan fingerprint density at radius 1 is 1.12 bits per heavy atom. The van der Waals surface area contributed by atoms with Gasteiger partial charge in [-0.3, -0.25) is 9.59 Å². The van der Waals surface area contributed by atoms with E-state index in [1.807, 2.05) is 42.5 Å². The van der Waals surface area contributed by atoms with Crippen molar-refractivity contribution in [3.05, 3.63) is 54.6 Å². The Morgan fingerprint density at radius 3 is 2.54 bits per heavy atom. The Labute approximate surface area is 152 Å². The van der Waals surface area contributed by atoms with E-state index in [1.165, 1.54) is 0 Å². The number of benzene rings is 2. The fourth-order valence-corrected chi connectivity index (χ4v) is 2.90. The first-order chi connectivity index (χ1) is 12.7. The van der Waals surface area contributed by atoms with Crippen LogP contribution in [0.4, 0.5) is 5.69 Å². The van der Waals surface area contributed by atoms with Crippen molar-refractivity contribution < 1.29 is 19.1 Å². The number of amides is 2. The van der Waals surface area contributed by atoms with Gasteiger partial charge in [-0.15, -0.1) is 0 Å². The maximum absolute atomic E-state index is 12.3. The average Bonchev–Trinajstić information content (AvgIpc) is 3.08. The summed E-state index contributed by atoms with van der Waals surface area (Å²) in [5.74, 6) is 0.986. The van der Waals surface area contributed by atoms with Crippen LogP contribution in [-0.4, -0.2) is 38.6 Å². The van der Waals surface area contributed by atoms with Crippen molar-refractivity contribution in [2.24, 2.45) is 5.92 Å². The number of carbonyl (C=O) groups is 2. The van der Waals surface area contributed by atoms with Crippen molar-refractivity contribution in [3.63, 3.8) is 0 Å². The standard InChI is InChI=1S/C20H22N2O4/c1-25-17-9-7-16(8-10-17)22-14-15(13-19(22)23)20(24)21-11-12-26-18-5-3-2-4-6-18/h2-10,15H,11-14H2,1H3,(H,21,24). The quantitative estimate of drug-likeness (QED) is 0.775. The summed E-state index contributed by atoms with van der Waals surface area (Å²) in [6.07, 6.45) is 0.220. The molecule has 1 saturated heterocycles. The molecule has 6 heteroatoms. The van der Waals surface area contributed by atoms with E-state index in [9.17, 15) is 9.59 Å². The van der Waals surface area contributed by atoms with Gasteiger partial charge in [0.05, 0.1) is 19.6 Å². The van der Waals surface area contributed by atoms with Gasteiger partial charge in [0.2, 0.25) is 11.8 Å². The third-order valence-corrected chi connectivity index (χ3v) is 4.29. The molecule has 1 fully saturated rings. The second-order valence-electron chi connectivity index (χ2n) is 6.06. The Balaban J connectivity index is 1.47. The molecular weight excluding hydrogens is 332 g/mol. The molecule has 0 saturated carbocycles. The van der Waals surface area contributed by atoms with E-state index >= 15 is 0 Å². The number of carbonyl (C=O) groups excluding carboxylic acids is 2. The number of hydrogen-bond acceptors (Lipinski definition) is 4. The molecule has 2 aromatic rings. The molecule has 1 atom stereocenters. The van der Waals surface area contributed by atoms with Gasteiger partial charge in [-0.2, -0.15) is 0 Å². The van der Waals surface area contributed by atoms with Gasteiger partial charge < -0.3 is 19.7 Å². The van der Waals surface area contributed by atoms with E-state index in [-0.39, 0.29) is 24.2 Å². The molecule has 0 aliphatic carbocycles. The van der Waals surface area contributed by atoms with Crippen LogP contribution in [0.25, 0.3) is 0 Å². The third kappa shape index (κ3) is 4.33. The highest BCUT2D eigenvalue weighted by atomic mass is 16.5. The van der Waals surface area contributed by atoms with Gasteiger partial charge in [0.15, 0.2) is 0 Å². The number of hydrogen-bond donors (Lipinski definition) is 1. The number of para-hydroxylation sites is 1. The van der Waals surface area contributed by atoms with Gasteiger partial charge in [0, 0.05) is 18.7 Å². The maximum atomic E-state index is 12.3. The summed E-state index contributed by atoms with van der Waals surface area (Å²) in [4.78, 5) is 26.2. The van der Waals surface area contributed by atoms with Crippen LogP contribution in [0, 0.1) is 5.92 Å². The normalized spacial score (nSPS) is 16.4. The number of ether oxygens (including phenoxy) is 2. The molecule has 0 spiro atoms. The van der Waals surface area contributed by atoms with E-state index in [0.29, 0.717) is 19.7 Å². The maximum Gasteiger partial charge on any atom is 0.227 e. The summed E-state index contributed by atoms with van der Waals surface area (Å²) in [6, 6.07) is 16.7. The number of methoxy groups -OCH3 is 1. The highest BCUT2D eigenvalue weighted by molar-refractivity contribution is 6.00. The lowest BCUT2D eigenvalue weighted by atomic mass is 10.1. The van der Waals surface area contributed by atoms with Crippen LogP contribution in [0.2, 0.25) is 0 Å². The monoisotopic (exact) mass is 354 g/mol. The van der Waals surface area contributed by atoms with Gasteiger partial charge in [-0.25, -0.2) is 0 Å². The molecule has 0 radical (unpaired) electrons. The predicted octanol–water partition coefficient (Wildman–Crippen LogP) is 2.24. The van der Waals surface area contributed by atoms with E-state index < -0.39 is 0 Å². The van der Waals surface area contributed by atoms with Gasteiger partial charge in [-0.1, -0.05) is 18.2 Å². The van der Waals surface area contributed by atoms with Crippen LogP contribution in [0.5, 0.6) is 11.5 Å². The molecule has 26 heavy (non-hydrogen) atoms. The van der Waals surface area contributed by atoms with Crippen LogP contribution < -0.4 is 19.7 Å². The first-order valence-corrected chi connectivity index (χ1v) is 8.57. The second-order valence-corrected chi connectivity index (χ2v) is 6.06. The summed E-state index contributed by atoms with van der Waals surface area (Å²) in [5, 5.41) is 2.84. The molecule has 0 bridgehead atoms. The largest absolute Gasteiger partial charge is 0.497 e. The number of anilines is 1. The van der Waals surface area contributed by atoms with Gasteiger partial charge in [-0.05, 0) is 36.4 Å². The molecule has 136 valence electrons. The third-order valence-electron chi connectivity index (χ3n) is 4.29. The van der Waals surface area contributed by atoms with Crippen molar-refractivity contribution in [1.82, 2.24) is 5.32 Å². The smallest absolute Gasteiger partial charge is 0.227 e. The van der Waals surface area contributed by atoms with Crippen molar-refractivity contribution in [3.8, 4) is 11.5 Å². The van der Waals surface area contributed by atoms with E-state index in [4.69, 9.17) is 9.47 Å². The van der Waals surface area contributed by atoms with Crippen molar-refractivity contribution in [1.29, 1.82) is 0 Å². The molecule has 1 N–H and O–H groups in total. The van der Waals surface area contributed by atoms with Crippen LogP contribution in [-0.2, 0) is 9.59 Å². The molecule has 1 unspecified atom stereocenters. The number of rotatable bonds is 7. The van der Waals surface area contributed by atoms with Gasteiger partial charge in [0.25, 0.3) is 0 Å². The van der Waals surface area contributed by atoms with Crippen LogP contribution >= 0.6 is 0 Å². The summed E-state index contributed by atoms with van der Waals surface area (Å²) >= 11 is 0. The van der Waals surface area contributed by atoms with Gasteiger partial charge >= 0.3 is 0 Å². The molecule has 1 aliphatic heterocycles. The molecule has 2 aromatic carbocycles. The molecule has 1 heterocycles. The summed E-state index contributed by atoms with van der Waals surface area (Å²) in [7, 11) is 1.60. The first kappa shape index (κ1) is 17.8. The lowest BCUT2D eigenvalue weighted by molar-refractivity contribution is -0.126. The SMILES string of the molecule is COc1ccc(N2CC(C(=O)NCCOc3ccccc3)CC2=O)cc1. The van der Waals surface area contributed by atoms with Crippen molar-refractivity contribution in [2.75, 3.05) is 31.7 Å². The highest BCUT2D eigenvalue weighted by Crippen LogP contribution is 2.26. The fraction of sp³-hybridized carbons (Fsp3) is 0.300. The minimum absolute atomic E-state index is 0.0455. The minimum Gasteiger partial charge on any atom is -0.497 e. The van der Waals surface area contributed by atoms with E-state index in [0.717, 1.165) is 17.2 Å². The van der Waals surface area contributed by atoms with Crippen LogP contribution in [0.1, 0.15) is 6.42 Å². The lowest BCUT2D eigenvalue weighted by Gasteiger charge is -2.17. The van der Waals surface area contributed by atoms with Crippen LogP contribution in [0.3, 0.4) is 0 Å². The van der Waals surface area contributed by atoms with Crippen molar-refractivity contribution in [2.45, 2.75) is 6.42 Å². The van der Waals surface area contributed by atoms with Crippen LogP contribution in [0.15, 0.2) is 54.6 Å². The van der Waals surface area contributed by atoms with E-state index in [2.05, 4.69) is 5.32 Å². The Kier molecular flexibility index (Phi) is 5.73. The molecule has 0 aromatic heterocycles. The molecule has 6 nitrogen and oxygen atoms in total. The topological polar surface area (TPSA) is 67.9 Å². The Morgan fingerprint density at radius 2 is 1.85 bits per heavy atom. The average molecular weight is 354 g/mol. The summed E-state index contributed by atoms with van der Waals surface area (Å²) < 4.78 is 10.7. The summed E-state index contributed by atoms with van der Waals surface area (Å²) in [5.41, 5.74) is 0.776. The zero-order valence-corrected chi connectivity index (χ0v) is 14.7. The highest BCUT2D eigenvalue weighted by Gasteiger charge is 2.34. The zero-order chi connectivity index (χ0) is 18.4.